The number of aromatic nitrogens is 2. The zero-order chi connectivity index (χ0) is 22.0. The quantitative estimate of drug-likeness (QED) is 0.601. The second kappa shape index (κ2) is 9.06. The lowest BCUT2D eigenvalue weighted by atomic mass is 10.0. The Labute approximate surface area is 188 Å². The van der Waals surface area contributed by atoms with E-state index in [0.717, 1.165) is 57.7 Å². The minimum atomic E-state index is 0.0889. The molecule has 1 saturated heterocycles. The van der Waals surface area contributed by atoms with Gasteiger partial charge >= 0.3 is 0 Å². The standard InChI is InChI=1S/C25H27ClN4O/c1-17-8-10-20(11-9-17)25(31)30-14-12-29(13-15-30)24-22(18(2)27-19(3)28-24)16-21-6-4-5-7-23(21)26/h4-11H,12-16H2,1-3H3. The van der Waals surface area contributed by atoms with E-state index < -0.39 is 0 Å². The third-order valence-corrected chi connectivity index (χ3v) is 6.16. The highest BCUT2D eigenvalue weighted by atomic mass is 35.5. The largest absolute Gasteiger partial charge is 0.353 e. The Balaban J connectivity index is 1.53. The van der Waals surface area contributed by atoms with E-state index in [1.807, 2.05) is 74.2 Å². The van der Waals surface area contributed by atoms with Crippen LogP contribution in [0.1, 0.15) is 38.6 Å². The van der Waals surface area contributed by atoms with Crippen molar-refractivity contribution >= 4 is 23.3 Å². The van der Waals surface area contributed by atoms with Crippen molar-refractivity contribution in [1.29, 1.82) is 0 Å². The fourth-order valence-electron chi connectivity index (χ4n) is 4.02. The minimum absolute atomic E-state index is 0.0889. The normalized spacial score (nSPS) is 14.1. The molecule has 1 amide bonds. The van der Waals surface area contributed by atoms with Crippen LogP contribution < -0.4 is 4.90 Å². The van der Waals surface area contributed by atoms with E-state index in [2.05, 4.69) is 9.88 Å². The Kier molecular flexibility index (Phi) is 6.23. The number of benzene rings is 2. The summed E-state index contributed by atoms with van der Waals surface area (Å²) in [7, 11) is 0. The lowest BCUT2D eigenvalue weighted by molar-refractivity contribution is 0.0746. The number of carbonyl (C=O) groups excluding carboxylic acids is 1. The summed E-state index contributed by atoms with van der Waals surface area (Å²) in [4.78, 5) is 26.5. The zero-order valence-corrected chi connectivity index (χ0v) is 19.0. The number of carbonyl (C=O) groups is 1. The number of amides is 1. The van der Waals surface area contributed by atoms with Crippen LogP contribution >= 0.6 is 11.6 Å². The number of nitrogens with zero attached hydrogens (tertiary/aromatic N) is 4. The number of hydrogen-bond acceptors (Lipinski definition) is 4. The van der Waals surface area contributed by atoms with E-state index in [9.17, 15) is 4.79 Å². The SMILES string of the molecule is Cc1ccc(C(=O)N2CCN(c3nc(C)nc(C)c3Cc3ccccc3Cl)CC2)cc1. The third-order valence-electron chi connectivity index (χ3n) is 5.79. The van der Waals surface area contributed by atoms with Crippen LogP contribution in [-0.4, -0.2) is 47.0 Å². The maximum absolute atomic E-state index is 12.9. The molecule has 31 heavy (non-hydrogen) atoms. The van der Waals surface area contributed by atoms with E-state index in [-0.39, 0.29) is 5.91 Å². The Hall–Kier alpha value is -2.92. The molecule has 0 saturated carbocycles. The first kappa shape index (κ1) is 21.3. The molecule has 0 N–H and O–H groups in total. The summed E-state index contributed by atoms with van der Waals surface area (Å²) < 4.78 is 0. The van der Waals surface area contributed by atoms with Gasteiger partial charge in [-0.1, -0.05) is 47.5 Å². The van der Waals surface area contributed by atoms with Crippen LogP contribution in [0.3, 0.4) is 0 Å². The van der Waals surface area contributed by atoms with Gasteiger partial charge in [-0.25, -0.2) is 9.97 Å². The predicted molar refractivity (Wildman–Crippen MR) is 125 cm³/mol. The van der Waals surface area contributed by atoms with Crippen molar-refractivity contribution in [2.45, 2.75) is 27.2 Å². The highest BCUT2D eigenvalue weighted by molar-refractivity contribution is 6.31. The molecule has 2 aromatic carbocycles. The zero-order valence-electron chi connectivity index (χ0n) is 18.2. The molecule has 2 heterocycles. The van der Waals surface area contributed by atoms with Gasteiger partial charge in [0.25, 0.3) is 5.91 Å². The van der Waals surface area contributed by atoms with Crippen molar-refractivity contribution in [3.63, 3.8) is 0 Å². The van der Waals surface area contributed by atoms with Gasteiger partial charge in [0.05, 0.1) is 0 Å². The number of piperazine rings is 1. The van der Waals surface area contributed by atoms with Crippen LogP contribution in [0, 0.1) is 20.8 Å². The summed E-state index contributed by atoms with van der Waals surface area (Å²) in [5.41, 5.74) is 5.03. The highest BCUT2D eigenvalue weighted by Gasteiger charge is 2.25. The van der Waals surface area contributed by atoms with Crippen molar-refractivity contribution in [2.75, 3.05) is 31.1 Å². The Morgan fingerprint density at radius 1 is 0.935 bits per heavy atom. The molecule has 5 nitrogen and oxygen atoms in total. The Morgan fingerprint density at radius 3 is 2.29 bits per heavy atom. The van der Waals surface area contributed by atoms with E-state index >= 15 is 0 Å². The maximum atomic E-state index is 12.9. The molecule has 0 atom stereocenters. The second-order valence-electron chi connectivity index (χ2n) is 8.07. The van der Waals surface area contributed by atoms with Gasteiger partial charge in [0.2, 0.25) is 0 Å². The van der Waals surface area contributed by atoms with Gasteiger partial charge in [-0.3, -0.25) is 4.79 Å². The molecule has 160 valence electrons. The van der Waals surface area contributed by atoms with E-state index in [4.69, 9.17) is 16.6 Å². The minimum Gasteiger partial charge on any atom is -0.353 e. The van der Waals surface area contributed by atoms with Crippen molar-refractivity contribution in [1.82, 2.24) is 14.9 Å². The lowest BCUT2D eigenvalue weighted by Gasteiger charge is -2.36. The summed E-state index contributed by atoms with van der Waals surface area (Å²) in [5.74, 6) is 1.80. The van der Waals surface area contributed by atoms with Gasteiger partial charge in [0.15, 0.2) is 0 Å². The number of halogens is 1. The predicted octanol–water partition coefficient (Wildman–Crippen LogP) is 4.61. The van der Waals surface area contributed by atoms with Crippen LogP contribution in [0.2, 0.25) is 5.02 Å². The topological polar surface area (TPSA) is 49.3 Å². The van der Waals surface area contributed by atoms with Crippen molar-refractivity contribution in [3.05, 3.63) is 87.3 Å². The molecule has 1 aromatic heterocycles. The number of hydrogen-bond donors (Lipinski definition) is 0. The molecular weight excluding hydrogens is 408 g/mol. The van der Waals surface area contributed by atoms with Crippen LogP contribution in [0.15, 0.2) is 48.5 Å². The fourth-order valence-corrected chi connectivity index (χ4v) is 4.22. The van der Waals surface area contributed by atoms with Gasteiger partial charge in [0, 0.05) is 54.4 Å². The van der Waals surface area contributed by atoms with Crippen LogP contribution in [0.5, 0.6) is 0 Å². The number of anilines is 1. The molecule has 4 rings (SSSR count). The van der Waals surface area contributed by atoms with Crippen molar-refractivity contribution in [3.8, 4) is 0 Å². The van der Waals surface area contributed by atoms with E-state index in [1.165, 1.54) is 0 Å². The molecule has 0 aliphatic carbocycles. The van der Waals surface area contributed by atoms with Crippen molar-refractivity contribution < 1.29 is 4.79 Å². The number of rotatable bonds is 4. The van der Waals surface area contributed by atoms with E-state index in [0.29, 0.717) is 19.5 Å². The second-order valence-corrected chi connectivity index (χ2v) is 8.48. The molecular formula is C25H27ClN4O. The molecule has 3 aromatic rings. The number of aryl methyl sites for hydroxylation is 3. The molecule has 0 unspecified atom stereocenters. The highest BCUT2D eigenvalue weighted by Crippen LogP contribution is 2.28. The summed E-state index contributed by atoms with van der Waals surface area (Å²) >= 11 is 6.42. The van der Waals surface area contributed by atoms with E-state index in [1.54, 1.807) is 0 Å². The van der Waals surface area contributed by atoms with Gasteiger partial charge < -0.3 is 9.80 Å². The summed E-state index contributed by atoms with van der Waals surface area (Å²) in [6.07, 6.45) is 0.684. The van der Waals surface area contributed by atoms with Crippen LogP contribution in [0.25, 0.3) is 0 Å². The summed E-state index contributed by atoms with van der Waals surface area (Å²) in [6, 6.07) is 15.7. The Bertz CT molecular complexity index is 1090. The maximum Gasteiger partial charge on any atom is 0.253 e. The molecule has 1 aliphatic rings. The van der Waals surface area contributed by atoms with Crippen LogP contribution in [0.4, 0.5) is 5.82 Å². The van der Waals surface area contributed by atoms with Gasteiger partial charge in [-0.15, -0.1) is 0 Å². The Morgan fingerprint density at radius 2 is 1.61 bits per heavy atom. The summed E-state index contributed by atoms with van der Waals surface area (Å²) in [5, 5.41) is 0.752. The van der Waals surface area contributed by atoms with Gasteiger partial charge in [-0.05, 0) is 44.5 Å². The average molecular weight is 435 g/mol. The first-order chi connectivity index (χ1) is 14.9. The van der Waals surface area contributed by atoms with Crippen LogP contribution in [-0.2, 0) is 6.42 Å². The molecule has 0 bridgehead atoms. The van der Waals surface area contributed by atoms with Gasteiger partial charge in [0.1, 0.15) is 11.6 Å². The van der Waals surface area contributed by atoms with Crippen molar-refractivity contribution in [2.24, 2.45) is 0 Å². The first-order valence-corrected chi connectivity index (χ1v) is 11.0. The molecule has 0 spiro atoms. The fraction of sp³-hybridized carbons (Fsp3) is 0.320. The average Bonchev–Trinajstić information content (AvgIpc) is 2.77. The molecule has 1 aliphatic heterocycles. The first-order valence-electron chi connectivity index (χ1n) is 10.6. The third kappa shape index (κ3) is 4.72. The summed E-state index contributed by atoms with van der Waals surface area (Å²) in [6.45, 7) is 8.79. The lowest BCUT2D eigenvalue weighted by Crippen LogP contribution is -2.49. The van der Waals surface area contributed by atoms with Gasteiger partial charge in [-0.2, -0.15) is 0 Å². The smallest absolute Gasteiger partial charge is 0.253 e. The molecule has 1 fully saturated rings. The molecule has 6 heteroatoms. The monoisotopic (exact) mass is 434 g/mol. The molecule has 0 radical (unpaired) electrons.